The van der Waals surface area contributed by atoms with Gasteiger partial charge in [0.15, 0.2) is 5.78 Å². The van der Waals surface area contributed by atoms with E-state index in [4.69, 9.17) is 5.73 Å². The number of carbonyl (C=O) groups is 2. The summed E-state index contributed by atoms with van der Waals surface area (Å²) in [6, 6.07) is 5.36. The Hall–Kier alpha value is -1.68. The van der Waals surface area contributed by atoms with E-state index in [1.54, 1.807) is 6.07 Å². The van der Waals surface area contributed by atoms with Gasteiger partial charge in [0.05, 0.1) is 6.04 Å². The van der Waals surface area contributed by atoms with Crippen molar-refractivity contribution in [3.63, 3.8) is 0 Å². The zero-order chi connectivity index (χ0) is 16.4. The fourth-order valence-corrected chi connectivity index (χ4v) is 4.56. The molecule has 4 nitrogen and oxygen atoms in total. The Labute approximate surface area is 137 Å². The smallest absolute Gasteiger partial charge is 0.248 e. The third-order valence-corrected chi connectivity index (χ3v) is 6.43. The van der Waals surface area contributed by atoms with Crippen LogP contribution in [0, 0.1) is 11.8 Å². The summed E-state index contributed by atoms with van der Waals surface area (Å²) in [7, 11) is 0. The van der Waals surface area contributed by atoms with Crippen molar-refractivity contribution in [1.29, 1.82) is 0 Å². The number of amides is 1. The highest BCUT2D eigenvalue weighted by molar-refractivity contribution is 6.05. The lowest BCUT2D eigenvalue weighted by Gasteiger charge is -2.53. The molecule has 1 saturated carbocycles. The maximum absolute atomic E-state index is 13.1. The fourth-order valence-electron chi connectivity index (χ4n) is 4.56. The van der Waals surface area contributed by atoms with Gasteiger partial charge in [0.2, 0.25) is 5.91 Å². The summed E-state index contributed by atoms with van der Waals surface area (Å²) in [5.74, 6) is 0.849. The molecule has 4 heteroatoms. The Morgan fingerprint density at radius 2 is 2.13 bits per heavy atom. The number of ketones is 1. The van der Waals surface area contributed by atoms with E-state index in [0.717, 1.165) is 36.6 Å². The summed E-state index contributed by atoms with van der Waals surface area (Å²) in [6.07, 6.45) is 3.64. The fraction of sp³-hybridized carbons (Fsp3) is 0.579. The van der Waals surface area contributed by atoms with Crippen LogP contribution in [-0.2, 0) is 5.41 Å². The molecule has 1 saturated heterocycles. The number of benzene rings is 1. The molecule has 1 amide bonds. The Morgan fingerprint density at radius 3 is 2.78 bits per heavy atom. The van der Waals surface area contributed by atoms with Crippen molar-refractivity contribution in [2.24, 2.45) is 17.6 Å². The molecule has 3 aliphatic rings. The van der Waals surface area contributed by atoms with Crippen molar-refractivity contribution in [1.82, 2.24) is 4.90 Å². The molecule has 122 valence electrons. The first kappa shape index (κ1) is 14.9. The van der Waals surface area contributed by atoms with Crippen LogP contribution in [0.5, 0.6) is 0 Å². The Balaban J connectivity index is 1.79. The number of carbonyl (C=O) groups excluding carboxylic acids is 2. The zero-order valence-electron chi connectivity index (χ0n) is 13.8. The van der Waals surface area contributed by atoms with Gasteiger partial charge in [-0.3, -0.25) is 14.5 Å². The predicted molar refractivity (Wildman–Crippen MR) is 88.5 cm³/mol. The highest BCUT2D eigenvalue weighted by Crippen LogP contribution is 2.49. The Bertz CT molecular complexity index is 695. The number of nitrogens with two attached hydrogens (primary N) is 1. The van der Waals surface area contributed by atoms with E-state index in [-0.39, 0.29) is 23.2 Å². The first-order chi connectivity index (χ1) is 10.9. The average molecular weight is 312 g/mol. The number of hydrogen-bond donors (Lipinski definition) is 1. The second kappa shape index (κ2) is 4.91. The van der Waals surface area contributed by atoms with E-state index in [9.17, 15) is 9.59 Å². The van der Waals surface area contributed by atoms with Crippen LogP contribution in [-0.4, -0.2) is 35.7 Å². The minimum atomic E-state index is -0.426. The number of Topliss-reactive ketones (excluding diaryl/α,β-unsaturated/α-hetero) is 1. The lowest BCUT2D eigenvalue weighted by molar-refractivity contribution is 0.0265. The Kier molecular flexibility index (Phi) is 3.17. The second-order valence-electron chi connectivity index (χ2n) is 7.83. The van der Waals surface area contributed by atoms with Crippen LogP contribution in [0.1, 0.15) is 59.4 Å². The van der Waals surface area contributed by atoms with Crippen molar-refractivity contribution >= 4 is 11.7 Å². The summed E-state index contributed by atoms with van der Waals surface area (Å²) in [4.78, 5) is 27.1. The molecule has 1 aromatic rings. The van der Waals surface area contributed by atoms with Gasteiger partial charge < -0.3 is 5.73 Å². The molecule has 4 rings (SSSR count). The molecule has 1 aliphatic heterocycles. The SMILES string of the molecule is C[C@H]1[C@H]2C(=O)c3ccc(C(N)=O)cc3[C@@]1(C)CCN2CC1CC1. The van der Waals surface area contributed by atoms with Gasteiger partial charge in [-0.2, -0.15) is 0 Å². The van der Waals surface area contributed by atoms with E-state index in [2.05, 4.69) is 18.7 Å². The number of likely N-dealkylation sites (tertiary alicyclic amines) is 1. The van der Waals surface area contributed by atoms with Gasteiger partial charge in [0, 0.05) is 17.7 Å². The van der Waals surface area contributed by atoms with Crippen LogP contribution >= 0.6 is 0 Å². The van der Waals surface area contributed by atoms with Crippen molar-refractivity contribution in [2.45, 2.75) is 44.6 Å². The van der Waals surface area contributed by atoms with Gasteiger partial charge in [0.1, 0.15) is 0 Å². The van der Waals surface area contributed by atoms with Gasteiger partial charge in [0.25, 0.3) is 0 Å². The highest BCUT2D eigenvalue weighted by Gasteiger charge is 2.52. The number of piperidine rings is 1. The van der Waals surface area contributed by atoms with Crippen molar-refractivity contribution in [3.8, 4) is 0 Å². The van der Waals surface area contributed by atoms with E-state index in [1.165, 1.54) is 12.8 Å². The van der Waals surface area contributed by atoms with Crippen molar-refractivity contribution < 1.29 is 9.59 Å². The first-order valence-corrected chi connectivity index (χ1v) is 8.64. The number of hydrogen-bond acceptors (Lipinski definition) is 3. The van der Waals surface area contributed by atoms with Gasteiger partial charge in [-0.25, -0.2) is 0 Å². The minimum absolute atomic E-state index is 0.0127. The maximum atomic E-state index is 13.1. The molecule has 2 N–H and O–H groups in total. The van der Waals surface area contributed by atoms with E-state index >= 15 is 0 Å². The maximum Gasteiger partial charge on any atom is 0.248 e. The molecule has 0 aromatic heterocycles. The molecule has 2 aliphatic carbocycles. The van der Waals surface area contributed by atoms with Crippen LogP contribution in [0.3, 0.4) is 0 Å². The molecule has 1 aromatic carbocycles. The average Bonchev–Trinajstić information content (AvgIpc) is 3.33. The molecule has 1 heterocycles. The van der Waals surface area contributed by atoms with E-state index in [1.807, 2.05) is 12.1 Å². The van der Waals surface area contributed by atoms with Crippen LogP contribution in [0.4, 0.5) is 0 Å². The third kappa shape index (κ3) is 2.15. The van der Waals surface area contributed by atoms with Gasteiger partial charge in [-0.05, 0) is 60.8 Å². The van der Waals surface area contributed by atoms with Crippen molar-refractivity contribution in [2.75, 3.05) is 13.1 Å². The molecule has 0 spiro atoms. The number of primary amides is 1. The predicted octanol–water partition coefficient (Wildman–Crippen LogP) is 2.36. The summed E-state index contributed by atoms with van der Waals surface area (Å²) in [6.45, 7) is 6.47. The standard InChI is InChI=1S/C19H24N2O2/c1-11-16-17(22)14-6-5-13(18(20)23)9-15(14)19(11,2)7-8-21(16)10-12-3-4-12/h5-6,9,11-12,16H,3-4,7-8,10H2,1-2H3,(H2,20,23)/t11-,16-,19-/m0/s1. The topological polar surface area (TPSA) is 63.4 Å². The van der Waals surface area contributed by atoms with Crippen LogP contribution < -0.4 is 5.73 Å². The summed E-state index contributed by atoms with van der Waals surface area (Å²) in [5.41, 5.74) is 7.70. The quantitative estimate of drug-likeness (QED) is 0.932. The lowest BCUT2D eigenvalue weighted by Crippen LogP contribution is -2.61. The number of nitrogens with zero attached hydrogens (tertiary/aromatic N) is 1. The molecule has 3 atom stereocenters. The monoisotopic (exact) mass is 312 g/mol. The normalized spacial score (nSPS) is 33.4. The van der Waals surface area contributed by atoms with Gasteiger partial charge >= 0.3 is 0 Å². The van der Waals surface area contributed by atoms with E-state index in [0.29, 0.717) is 5.56 Å². The Morgan fingerprint density at radius 1 is 1.39 bits per heavy atom. The van der Waals surface area contributed by atoms with Crippen LogP contribution in [0.25, 0.3) is 0 Å². The molecule has 0 radical (unpaired) electrons. The highest BCUT2D eigenvalue weighted by atomic mass is 16.1. The van der Waals surface area contributed by atoms with Crippen LogP contribution in [0.2, 0.25) is 0 Å². The van der Waals surface area contributed by atoms with Gasteiger partial charge in [-0.15, -0.1) is 0 Å². The molecule has 2 bridgehead atoms. The van der Waals surface area contributed by atoms with Crippen LogP contribution in [0.15, 0.2) is 18.2 Å². The first-order valence-electron chi connectivity index (χ1n) is 8.64. The summed E-state index contributed by atoms with van der Waals surface area (Å²) >= 11 is 0. The van der Waals surface area contributed by atoms with Gasteiger partial charge in [-0.1, -0.05) is 19.9 Å². The molecular formula is C19H24N2O2. The summed E-state index contributed by atoms with van der Waals surface area (Å²) < 4.78 is 0. The molecule has 2 fully saturated rings. The number of fused-ring (bicyclic) bond motifs is 4. The zero-order valence-corrected chi connectivity index (χ0v) is 13.8. The van der Waals surface area contributed by atoms with Crippen molar-refractivity contribution in [3.05, 3.63) is 34.9 Å². The lowest BCUT2D eigenvalue weighted by atomic mass is 9.58. The molecule has 0 unspecified atom stereocenters. The molecule has 23 heavy (non-hydrogen) atoms. The third-order valence-electron chi connectivity index (χ3n) is 6.43. The molecular weight excluding hydrogens is 288 g/mol. The largest absolute Gasteiger partial charge is 0.366 e. The summed E-state index contributed by atoms with van der Waals surface area (Å²) in [5, 5.41) is 0. The second-order valence-corrected chi connectivity index (χ2v) is 7.83. The van der Waals surface area contributed by atoms with E-state index < -0.39 is 5.91 Å². The number of rotatable bonds is 3. The minimum Gasteiger partial charge on any atom is -0.366 e.